The highest BCUT2D eigenvalue weighted by Crippen LogP contribution is 2.16. The van der Waals surface area contributed by atoms with Crippen molar-refractivity contribution in [2.24, 2.45) is 0 Å². The van der Waals surface area contributed by atoms with Gasteiger partial charge in [-0.2, -0.15) is 0 Å². The molecule has 148 valence electrons. The predicted octanol–water partition coefficient (Wildman–Crippen LogP) is 1.87. The van der Waals surface area contributed by atoms with Gasteiger partial charge in [0.25, 0.3) is 0 Å². The van der Waals surface area contributed by atoms with Crippen LogP contribution >= 0.6 is 0 Å². The summed E-state index contributed by atoms with van der Waals surface area (Å²) < 4.78 is 38.9. The van der Waals surface area contributed by atoms with Gasteiger partial charge in [0.2, 0.25) is 10.0 Å². The number of halogens is 1. The van der Waals surface area contributed by atoms with Crippen molar-refractivity contribution in [3.63, 3.8) is 0 Å². The molecule has 0 amide bonds. The van der Waals surface area contributed by atoms with E-state index in [0.717, 1.165) is 4.31 Å². The third-order valence-electron chi connectivity index (χ3n) is 4.00. The Morgan fingerprint density at radius 2 is 1.68 bits per heavy atom. The van der Waals surface area contributed by atoms with Gasteiger partial charge < -0.3 is 9.90 Å². The van der Waals surface area contributed by atoms with E-state index >= 15 is 0 Å². The molecule has 0 aliphatic carbocycles. The Balaban J connectivity index is 2.06. The Morgan fingerprint density at radius 3 is 2.25 bits per heavy atom. The molecule has 0 bridgehead atoms. The quantitative estimate of drug-likeness (QED) is 0.470. The first-order chi connectivity index (χ1) is 13.2. The second kappa shape index (κ2) is 9.38. The zero-order valence-electron chi connectivity index (χ0n) is 15.2. The van der Waals surface area contributed by atoms with E-state index in [2.05, 4.69) is 0 Å². The van der Waals surface area contributed by atoms with Crippen LogP contribution in [0.5, 0.6) is 0 Å². The van der Waals surface area contributed by atoms with E-state index in [1.165, 1.54) is 67.7 Å². The van der Waals surface area contributed by atoms with Crippen LogP contribution in [0, 0.1) is 5.82 Å². The Kier molecular flexibility index (Phi) is 7.19. The topological polar surface area (TPSA) is 94.6 Å². The molecular weight excluding hydrogens is 385 g/mol. The Bertz CT molecular complexity index is 967. The summed E-state index contributed by atoms with van der Waals surface area (Å²) in [4.78, 5) is 22.6. The third kappa shape index (κ3) is 5.83. The fourth-order valence-electron chi connectivity index (χ4n) is 2.38. The third-order valence-corrected chi connectivity index (χ3v) is 5.87. The van der Waals surface area contributed by atoms with E-state index < -0.39 is 16.0 Å². The van der Waals surface area contributed by atoms with Crippen LogP contribution in [0.4, 0.5) is 4.39 Å². The number of nitrogens with zero attached hydrogens (tertiary/aromatic N) is 1. The highest BCUT2D eigenvalue weighted by Gasteiger charge is 2.20. The number of hydrogen-bond donors (Lipinski definition) is 0. The lowest BCUT2D eigenvalue weighted by Crippen LogP contribution is -2.29. The number of carbonyl (C=O) groups is 2. The van der Waals surface area contributed by atoms with Crippen LogP contribution in [-0.4, -0.2) is 38.1 Å². The van der Waals surface area contributed by atoms with Gasteiger partial charge in [0.05, 0.1) is 4.90 Å². The average molecular weight is 404 g/mol. The van der Waals surface area contributed by atoms with Gasteiger partial charge in [-0.3, -0.25) is 4.79 Å². The van der Waals surface area contributed by atoms with Crippen molar-refractivity contribution < 1.29 is 27.5 Å². The summed E-state index contributed by atoms with van der Waals surface area (Å²) in [7, 11) is -2.43. The number of benzene rings is 2. The largest absolute Gasteiger partial charge is 0.550 e. The van der Waals surface area contributed by atoms with Gasteiger partial charge >= 0.3 is 0 Å². The average Bonchev–Trinajstić information content (AvgIpc) is 2.67. The van der Waals surface area contributed by atoms with E-state index in [-0.39, 0.29) is 35.9 Å². The SMILES string of the molecule is CN(CCCC(=O)[O-])S(=O)(=O)c1ccc(C(=O)/C=C/c2ccc(F)cc2)cc1. The molecule has 2 rings (SSSR count). The molecule has 2 aromatic rings. The predicted molar refractivity (Wildman–Crippen MR) is 100 cm³/mol. The first kappa shape index (κ1) is 21.5. The van der Waals surface area contributed by atoms with Gasteiger partial charge in [0.1, 0.15) is 5.82 Å². The number of sulfonamides is 1. The maximum atomic E-state index is 12.9. The molecule has 6 nitrogen and oxygen atoms in total. The summed E-state index contributed by atoms with van der Waals surface area (Å²) >= 11 is 0. The number of aliphatic carboxylic acids is 1. The molecule has 0 aromatic heterocycles. The van der Waals surface area contributed by atoms with Gasteiger partial charge in [-0.05, 0) is 60.9 Å². The molecule has 2 aromatic carbocycles. The van der Waals surface area contributed by atoms with Crippen LogP contribution in [-0.2, 0) is 14.8 Å². The minimum atomic E-state index is -3.78. The van der Waals surface area contributed by atoms with Gasteiger partial charge in [-0.1, -0.05) is 18.2 Å². The van der Waals surface area contributed by atoms with Crippen molar-refractivity contribution >= 4 is 27.9 Å². The molecule has 0 aliphatic rings. The molecule has 0 saturated heterocycles. The monoisotopic (exact) mass is 404 g/mol. The van der Waals surface area contributed by atoms with Crippen molar-refractivity contribution in [2.75, 3.05) is 13.6 Å². The smallest absolute Gasteiger partial charge is 0.242 e. The van der Waals surface area contributed by atoms with E-state index in [1.54, 1.807) is 0 Å². The van der Waals surface area contributed by atoms with Gasteiger partial charge in [0, 0.05) is 25.1 Å². The minimum Gasteiger partial charge on any atom is -0.550 e. The fraction of sp³-hybridized carbons (Fsp3) is 0.200. The lowest BCUT2D eigenvalue weighted by atomic mass is 10.1. The number of rotatable bonds is 9. The number of carboxylic acid groups (broad SMARTS) is 1. The van der Waals surface area contributed by atoms with Gasteiger partial charge in [-0.15, -0.1) is 0 Å². The minimum absolute atomic E-state index is 0.00233. The summed E-state index contributed by atoms with van der Waals surface area (Å²) in [6, 6.07) is 11.1. The van der Waals surface area contributed by atoms with Crippen molar-refractivity contribution in [1.29, 1.82) is 0 Å². The first-order valence-corrected chi connectivity index (χ1v) is 9.88. The molecule has 0 unspecified atom stereocenters. The lowest BCUT2D eigenvalue weighted by Gasteiger charge is -2.17. The molecule has 0 radical (unpaired) electrons. The Hall–Kier alpha value is -2.84. The normalized spacial score (nSPS) is 11.8. The molecular formula is C20H19FNO5S-. The van der Waals surface area contributed by atoms with Crippen molar-refractivity contribution in [3.8, 4) is 0 Å². The van der Waals surface area contributed by atoms with E-state index in [4.69, 9.17) is 0 Å². The highest BCUT2D eigenvalue weighted by atomic mass is 32.2. The summed E-state index contributed by atoms with van der Waals surface area (Å²) in [6.45, 7) is 0.0391. The number of carboxylic acids is 1. The maximum absolute atomic E-state index is 12.9. The number of ketones is 1. The van der Waals surface area contributed by atoms with Gasteiger partial charge in [-0.25, -0.2) is 17.1 Å². The first-order valence-electron chi connectivity index (χ1n) is 8.44. The molecule has 0 N–H and O–H groups in total. The molecule has 0 saturated carbocycles. The van der Waals surface area contributed by atoms with Crippen LogP contribution in [0.2, 0.25) is 0 Å². The standard InChI is InChI=1S/C20H20FNO5S/c1-22(14-2-3-20(24)25)28(26,27)18-11-7-16(8-12-18)19(23)13-6-15-4-9-17(21)10-5-15/h4-13H,2-3,14H2,1H3,(H,24,25)/p-1/b13-6+. The zero-order valence-corrected chi connectivity index (χ0v) is 16.0. The molecule has 28 heavy (non-hydrogen) atoms. The summed E-state index contributed by atoms with van der Waals surface area (Å²) in [5.74, 6) is -1.93. The number of allylic oxidation sites excluding steroid dienone is 1. The summed E-state index contributed by atoms with van der Waals surface area (Å²) in [5, 5.41) is 10.4. The highest BCUT2D eigenvalue weighted by molar-refractivity contribution is 7.89. The molecule has 0 atom stereocenters. The van der Waals surface area contributed by atoms with E-state index in [9.17, 15) is 27.5 Å². The molecule has 0 heterocycles. The van der Waals surface area contributed by atoms with E-state index in [0.29, 0.717) is 11.1 Å². The molecule has 0 aliphatic heterocycles. The number of hydrogen-bond acceptors (Lipinski definition) is 5. The van der Waals surface area contributed by atoms with Crippen molar-refractivity contribution in [1.82, 2.24) is 4.31 Å². The second-order valence-corrected chi connectivity index (χ2v) is 8.12. The Labute approximate surface area is 163 Å². The summed E-state index contributed by atoms with van der Waals surface area (Å²) in [6.07, 6.45) is 2.77. The van der Waals surface area contributed by atoms with Crippen molar-refractivity contribution in [3.05, 3.63) is 71.6 Å². The maximum Gasteiger partial charge on any atom is 0.242 e. The lowest BCUT2D eigenvalue weighted by molar-refractivity contribution is -0.305. The number of carbonyl (C=O) groups excluding carboxylic acids is 2. The fourth-order valence-corrected chi connectivity index (χ4v) is 3.59. The van der Waals surface area contributed by atoms with E-state index in [1.807, 2.05) is 0 Å². The van der Waals surface area contributed by atoms with Crippen LogP contribution in [0.1, 0.15) is 28.8 Å². The van der Waals surface area contributed by atoms with Crippen LogP contribution in [0.3, 0.4) is 0 Å². The van der Waals surface area contributed by atoms with Crippen LogP contribution < -0.4 is 5.11 Å². The van der Waals surface area contributed by atoms with Crippen molar-refractivity contribution in [2.45, 2.75) is 17.7 Å². The molecule has 0 spiro atoms. The molecule has 0 fully saturated rings. The van der Waals surface area contributed by atoms with Crippen LogP contribution in [0.25, 0.3) is 6.08 Å². The second-order valence-electron chi connectivity index (χ2n) is 6.08. The van der Waals surface area contributed by atoms with Gasteiger partial charge in [0.15, 0.2) is 5.78 Å². The summed E-state index contributed by atoms with van der Waals surface area (Å²) in [5.41, 5.74) is 0.962. The zero-order chi connectivity index (χ0) is 20.7. The van der Waals surface area contributed by atoms with Crippen LogP contribution in [0.15, 0.2) is 59.5 Å². The molecule has 8 heteroatoms. The Morgan fingerprint density at radius 1 is 1.07 bits per heavy atom.